The van der Waals surface area contributed by atoms with Crippen LogP contribution < -0.4 is 10.6 Å². The standard InChI is InChI=1S/C17H24FN3O2/c1-4-22-9-5-8-20-17(19-3)21-11-16-12(2)14-10-13(18)6-7-15(14)23-16/h6-7,10H,4-5,8-9,11H2,1-3H3,(H2,19,20,21). The minimum absolute atomic E-state index is 0.257. The summed E-state index contributed by atoms with van der Waals surface area (Å²) in [5.41, 5.74) is 1.64. The normalized spacial score (nSPS) is 11.9. The van der Waals surface area contributed by atoms with Crippen LogP contribution in [0.15, 0.2) is 27.6 Å². The lowest BCUT2D eigenvalue weighted by molar-refractivity contribution is 0.145. The van der Waals surface area contributed by atoms with Gasteiger partial charge in [0.25, 0.3) is 0 Å². The molecule has 126 valence electrons. The van der Waals surface area contributed by atoms with E-state index in [0.29, 0.717) is 18.1 Å². The molecule has 0 amide bonds. The van der Waals surface area contributed by atoms with Gasteiger partial charge in [-0.05, 0) is 38.5 Å². The quantitative estimate of drug-likeness (QED) is 0.468. The highest BCUT2D eigenvalue weighted by Crippen LogP contribution is 2.25. The van der Waals surface area contributed by atoms with Crippen LogP contribution in [0.5, 0.6) is 0 Å². The molecule has 0 unspecified atom stereocenters. The second kappa shape index (κ2) is 8.53. The number of furan rings is 1. The Morgan fingerprint density at radius 1 is 1.35 bits per heavy atom. The molecule has 0 saturated carbocycles. The number of fused-ring (bicyclic) bond motifs is 1. The molecule has 2 aromatic rings. The Morgan fingerprint density at radius 3 is 2.91 bits per heavy atom. The van der Waals surface area contributed by atoms with Crippen molar-refractivity contribution in [1.29, 1.82) is 0 Å². The zero-order valence-corrected chi connectivity index (χ0v) is 13.9. The van der Waals surface area contributed by atoms with Crippen molar-refractivity contribution in [2.75, 3.05) is 26.8 Å². The number of aliphatic imine (C=N–C) groups is 1. The Morgan fingerprint density at radius 2 is 2.17 bits per heavy atom. The van der Waals surface area contributed by atoms with E-state index in [2.05, 4.69) is 15.6 Å². The van der Waals surface area contributed by atoms with Crippen molar-refractivity contribution >= 4 is 16.9 Å². The summed E-state index contributed by atoms with van der Waals surface area (Å²) in [7, 11) is 1.72. The maximum Gasteiger partial charge on any atom is 0.191 e. The molecule has 6 heteroatoms. The topological polar surface area (TPSA) is 58.8 Å². The van der Waals surface area contributed by atoms with Crippen LogP contribution in [-0.2, 0) is 11.3 Å². The van der Waals surface area contributed by atoms with Crippen LogP contribution in [0.25, 0.3) is 11.0 Å². The monoisotopic (exact) mass is 321 g/mol. The summed E-state index contributed by atoms with van der Waals surface area (Å²) in [5, 5.41) is 7.23. The fourth-order valence-corrected chi connectivity index (χ4v) is 2.32. The number of nitrogens with zero attached hydrogens (tertiary/aromatic N) is 1. The van der Waals surface area contributed by atoms with Gasteiger partial charge in [-0.2, -0.15) is 0 Å². The summed E-state index contributed by atoms with van der Waals surface area (Å²) in [6.45, 7) is 6.65. The molecule has 1 heterocycles. The van der Waals surface area contributed by atoms with E-state index >= 15 is 0 Å². The maximum atomic E-state index is 13.3. The summed E-state index contributed by atoms with van der Waals surface area (Å²) < 4.78 is 24.4. The molecule has 0 spiro atoms. The lowest BCUT2D eigenvalue weighted by Crippen LogP contribution is -2.37. The highest BCUT2D eigenvalue weighted by molar-refractivity contribution is 5.83. The van der Waals surface area contributed by atoms with Crippen LogP contribution in [0.2, 0.25) is 0 Å². The maximum absolute atomic E-state index is 13.3. The number of guanidine groups is 1. The predicted octanol–water partition coefficient (Wildman–Crippen LogP) is 2.97. The average molecular weight is 321 g/mol. The van der Waals surface area contributed by atoms with Crippen molar-refractivity contribution < 1.29 is 13.5 Å². The van der Waals surface area contributed by atoms with E-state index in [-0.39, 0.29) is 5.82 Å². The molecular weight excluding hydrogens is 297 g/mol. The molecule has 0 aliphatic rings. The van der Waals surface area contributed by atoms with E-state index < -0.39 is 0 Å². The van der Waals surface area contributed by atoms with Crippen LogP contribution >= 0.6 is 0 Å². The first kappa shape index (κ1) is 17.3. The van der Waals surface area contributed by atoms with Gasteiger partial charge in [-0.15, -0.1) is 0 Å². The number of aryl methyl sites for hydroxylation is 1. The number of hydrogen-bond acceptors (Lipinski definition) is 3. The summed E-state index contributed by atoms with van der Waals surface area (Å²) in [4.78, 5) is 4.17. The van der Waals surface area contributed by atoms with Gasteiger partial charge in [0.05, 0.1) is 6.54 Å². The number of nitrogens with one attached hydrogen (secondary N) is 2. The SMILES string of the molecule is CCOCCCNC(=NC)NCc1oc2ccc(F)cc2c1C. The number of hydrogen-bond donors (Lipinski definition) is 2. The van der Waals surface area contributed by atoms with Crippen LogP contribution in [0.3, 0.4) is 0 Å². The van der Waals surface area contributed by atoms with Crippen LogP contribution in [0.1, 0.15) is 24.7 Å². The first-order valence-electron chi connectivity index (χ1n) is 7.85. The first-order chi connectivity index (χ1) is 11.2. The van der Waals surface area contributed by atoms with Gasteiger partial charge in [-0.25, -0.2) is 4.39 Å². The summed E-state index contributed by atoms with van der Waals surface area (Å²) in [6.07, 6.45) is 0.914. The molecule has 0 fully saturated rings. The Balaban J connectivity index is 1.90. The second-order valence-corrected chi connectivity index (χ2v) is 5.19. The van der Waals surface area contributed by atoms with E-state index in [4.69, 9.17) is 9.15 Å². The third kappa shape index (κ3) is 4.69. The van der Waals surface area contributed by atoms with Gasteiger partial charge in [0.2, 0.25) is 0 Å². The Bertz CT molecular complexity index is 667. The molecule has 0 aliphatic carbocycles. The van der Waals surface area contributed by atoms with E-state index in [9.17, 15) is 4.39 Å². The third-order valence-corrected chi connectivity index (χ3v) is 3.60. The van der Waals surface area contributed by atoms with Crippen molar-refractivity contribution in [1.82, 2.24) is 10.6 Å². The molecule has 2 N–H and O–H groups in total. The van der Waals surface area contributed by atoms with Crippen molar-refractivity contribution in [3.8, 4) is 0 Å². The van der Waals surface area contributed by atoms with Crippen molar-refractivity contribution in [2.24, 2.45) is 4.99 Å². The number of ether oxygens (including phenoxy) is 1. The fraction of sp³-hybridized carbons (Fsp3) is 0.471. The van der Waals surface area contributed by atoms with Crippen LogP contribution in [-0.4, -0.2) is 32.8 Å². The van der Waals surface area contributed by atoms with Crippen LogP contribution in [0, 0.1) is 12.7 Å². The van der Waals surface area contributed by atoms with E-state index in [1.807, 2.05) is 13.8 Å². The Hall–Kier alpha value is -2.08. The van der Waals surface area contributed by atoms with Crippen molar-refractivity contribution in [3.05, 3.63) is 35.3 Å². The molecule has 0 atom stereocenters. The smallest absolute Gasteiger partial charge is 0.191 e. The second-order valence-electron chi connectivity index (χ2n) is 5.19. The third-order valence-electron chi connectivity index (χ3n) is 3.60. The Kier molecular flexibility index (Phi) is 6.40. The molecule has 0 aliphatic heterocycles. The molecule has 5 nitrogen and oxygen atoms in total. The van der Waals surface area contributed by atoms with Gasteiger partial charge < -0.3 is 19.8 Å². The number of benzene rings is 1. The minimum atomic E-state index is -0.257. The average Bonchev–Trinajstić information content (AvgIpc) is 2.86. The van der Waals surface area contributed by atoms with Crippen molar-refractivity contribution in [2.45, 2.75) is 26.8 Å². The largest absolute Gasteiger partial charge is 0.459 e. The molecule has 2 rings (SSSR count). The predicted molar refractivity (Wildman–Crippen MR) is 90.2 cm³/mol. The molecule has 1 aromatic carbocycles. The zero-order chi connectivity index (χ0) is 16.7. The van der Waals surface area contributed by atoms with Gasteiger partial charge in [0.15, 0.2) is 5.96 Å². The van der Waals surface area contributed by atoms with Gasteiger partial charge >= 0.3 is 0 Å². The number of rotatable bonds is 7. The van der Waals surface area contributed by atoms with E-state index in [1.165, 1.54) is 12.1 Å². The van der Waals surface area contributed by atoms with E-state index in [1.54, 1.807) is 13.1 Å². The lowest BCUT2D eigenvalue weighted by Gasteiger charge is -2.11. The highest BCUT2D eigenvalue weighted by Gasteiger charge is 2.11. The van der Waals surface area contributed by atoms with Gasteiger partial charge in [-0.1, -0.05) is 0 Å². The number of halogens is 1. The molecule has 0 radical (unpaired) electrons. The fourth-order valence-electron chi connectivity index (χ4n) is 2.32. The summed E-state index contributed by atoms with van der Waals surface area (Å²) in [5.74, 6) is 1.23. The van der Waals surface area contributed by atoms with Gasteiger partial charge in [-0.3, -0.25) is 4.99 Å². The highest BCUT2D eigenvalue weighted by atomic mass is 19.1. The Labute approximate surface area is 135 Å². The van der Waals surface area contributed by atoms with Crippen molar-refractivity contribution in [3.63, 3.8) is 0 Å². The summed E-state index contributed by atoms with van der Waals surface area (Å²) >= 11 is 0. The molecule has 0 bridgehead atoms. The van der Waals surface area contributed by atoms with Gasteiger partial charge in [0, 0.05) is 37.8 Å². The first-order valence-corrected chi connectivity index (χ1v) is 7.85. The molecule has 23 heavy (non-hydrogen) atoms. The van der Waals surface area contributed by atoms with Gasteiger partial charge in [0.1, 0.15) is 17.2 Å². The van der Waals surface area contributed by atoms with Crippen LogP contribution in [0.4, 0.5) is 4.39 Å². The molecule has 0 saturated heterocycles. The molecular formula is C17H24FN3O2. The lowest BCUT2D eigenvalue weighted by atomic mass is 10.1. The van der Waals surface area contributed by atoms with E-state index in [0.717, 1.165) is 42.9 Å². The summed E-state index contributed by atoms with van der Waals surface area (Å²) in [6, 6.07) is 4.56. The zero-order valence-electron chi connectivity index (χ0n) is 13.9. The molecule has 1 aromatic heterocycles. The minimum Gasteiger partial charge on any atom is -0.459 e.